The number of halogens is 2. The number of fused-ring (bicyclic) bond motifs is 1. The predicted octanol–water partition coefficient (Wildman–Crippen LogP) is 4.21. The van der Waals surface area contributed by atoms with E-state index in [0.717, 1.165) is 21.1 Å². The molecular formula is C19H18BrFN2O2. The van der Waals surface area contributed by atoms with Gasteiger partial charge in [0.15, 0.2) is 0 Å². The maximum atomic E-state index is 13.9. The summed E-state index contributed by atoms with van der Waals surface area (Å²) in [6, 6.07) is 12.4. The molecule has 0 spiro atoms. The van der Waals surface area contributed by atoms with E-state index >= 15 is 0 Å². The Morgan fingerprint density at radius 2 is 2.04 bits per heavy atom. The van der Waals surface area contributed by atoms with Crippen LogP contribution in [0.15, 0.2) is 53.1 Å². The fourth-order valence-corrected chi connectivity index (χ4v) is 3.13. The molecule has 6 heteroatoms. The number of nitrogens with zero attached hydrogens (tertiary/aromatic N) is 2. The summed E-state index contributed by atoms with van der Waals surface area (Å²) in [5.41, 5.74) is 1.43. The number of hydrogen-bond acceptors (Lipinski definition) is 2. The summed E-state index contributed by atoms with van der Waals surface area (Å²) in [6.45, 7) is 0.416. The normalized spacial score (nSPS) is 10.9. The number of carbonyl (C=O) groups excluding carboxylic acids is 1. The second-order valence-corrected chi connectivity index (χ2v) is 6.77. The Bertz CT molecular complexity index is 923. The Morgan fingerprint density at radius 1 is 1.24 bits per heavy atom. The van der Waals surface area contributed by atoms with Gasteiger partial charge in [0.05, 0.1) is 7.11 Å². The first-order chi connectivity index (χ1) is 12.0. The van der Waals surface area contributed by atoms with Gasteiger partial charge in [-0.1, -0.05) is 15.9 Å². The molecule has 0 aliphatic carbocycles. The topological polar surface area (TPSA) is 34.5 Å². The Labute approximate surface area is 153 Å². The molecule has 0 radical (unpaired) electrons. The lowest BCUT2D eigenvalue weighted by atomic mass is 10.2. The molecule has 0 atom stereocenters. The van der Waals surface area contributed by atoms with Crippen LogP contribution in [0.4, 0.5) is 4.39 Å². The van der Waals surface area contributed by atoms with Gasteiger partial charge in [-0.05, 0) is 42.5 Å². The van der Waals surface area contributed by atoms with E-state index in [0.29, 0.717) is 5.56 Å². The molecule has 0 bridgehead atoms. The molecule has 0 saturated heterocycles. The third kappa shape index (κ3) is 3.85. The lowest BCUT2D eigenvalue weighted by Crippen LogP contribution is -2.29. The molecule has 1 amide bonds. The summed E-state index contributed by atoms with van der Waals surface area (Å²) in [5, 5.41) is 1.01. The van der Waals surface area contributed by atoms with Crippen molar-refractivity contribution < 1.29 is 13.9 Å². The summed E-state index contributed by atoms with van der Waals surface area (Å²) in [5.74, 6) is 0.368. The van der Waals surface area contributed by atoms with Crippen LogP contribution in [-0.4, -0.2) is 29.5 Å². The van der Waals surface area contributed by atoms with Crippen LogP contribution in [0.1, 0.15) is 5.56 Å². The van der Waals surface area contributed by atoms with Crippen molar-refractivity contribution in [3.63, 3.8) is 0 Å². The zero-order chi connectivity index (χ0) is 18.0. The molecular weight excluding hydrogens is 387 g/mol. The highest BCUT2D eigenvalue weighted by molar-refractivity contribution is 9.10. The Balaban J connectivity index is 1.74. The van der Waals surface area contributed by atoms with Crippen LogP contribution in [0, 0.1) is 5.82 Å². The van der Waals surface area contributed by atoms with Gasteiger partial charge in [0.25, 0.3) is 0 Å². The van der Waals surface area contributed by atoms with E-state index in [1.807, 2.05) is 35.0 Å². The van der Waals surface area contributed by atoms with Gasteiger partial charge in [-0.15, -0.1) is 0 Å². The number of methoxy groups -OCH3 is 1. The van der Waals surface area contributed by atoms with E-state index in [1.54, 1.807) is 26.3 Å². The van der Waals surface area contributed by atoms with Gasteiger partial charge >= 0.3 is 0 Å². The molecule has 2 aromatic carbocycles. The number of hydrogen-bond donors (Lipinski definition) is 0. The second kappa shape index (κ2) is 7.27. The molecule has 4 nitrogen and oxygen atoms in total. The van der Waals surface area contributed by atoms with Crippen molar-refractivity contribution in [2.24, 2.45) is 0 Å². The van der Waals surface area contributed by atoms with Gasteiger partial charge in [-0.2, -0.15) is 0 Å². The fraction of sp³-hybridized carbons (Fsp3) is 0.211. The minimum absolute atomic E-state index is 0.0901. The second-order valence-electron chi connectivity index (χ2n) is 5.85. The van der Waals surface area contributed by atoms with Crippen molar-refractivity contribution in [2.45, 2.75) is 13.1 Å². The molecule has 0 unspecified atom stereocenters. The first kappa shape index (κ1) is 17.5. The van der Waals surface area contributed by atoms with E-state index in [1.165, 1.54) is 11.0 Å². The van der Waals surface area contributed by atoms with Crippen LogP contribution in [0.25, 0.3) is 10.9 Å². The number of ether oxygens (including phenoxy) is 1. The molecule has 0 N–H and O–H groups in total. The minimum Gasteiger partial charge on any atom is -0.497 e. The van der Waals surface area contributed by atoms with Crippen molar-refractivity contribution in [3.8, 4) is 5.75 Å². The maximum Gasteiger partial charge on any atom is 0.242 e. The fourth-order valence-electron chi connectivity index (χ4n) is 2.72. The third-order valence-corrected chi connectivity index (χ3v) is 4.62. The van der Waals surface area contributed by atoms with E-state index in [-0.39, 0.29) is 24.8 Å². The SMILES string of the molecule is COc1ccc2c(ccn2CC(=O)N(C)Cc2cc(Br)ccc2F)c1. The van der Waals surface area contributed by atoms with Crippen LogP contribution in [-0.2, 0) is 17.9 Å². The zero-order valence-corrected chi connectivity index (χ0v) is 15.6. The predicted molar refractivity (Wildman–Crippen MR) is 99.1 cm³/mol. The molecule has 0 fully saturated rings. The van der Waals surface area contributed by atoms with E-state index in [4.69, 9.17) is 4.74 Å². The number of amides is 1. The number of carbonyl (C=O) groups is 1. The highest BCUT2D eigenvalue weighted by Gasteiger charge is 2.14. The summed E-state index contributed by atoms with van der Waals surface area (Å²) < 4.78 is 21.8. The van der Waals surface area contributed by atoms with E-state index < -0.39 is 0 Å². The van der Waals surface area contributed by atoms with Crippen molar-refractivity contribution in [1.29, 1.82) is 0 Å². The molecule has 0 aliphatic rings. The monoisotopic (exact) mass is 404 g/mol. The quantitative estimate of drug-likeness (QED) is 0.638. The van der Waals surface area contributed by atoms with Crippen molar-refractivity contribution in [1.82, 2.24) is 9.47 Å². The molecule has 1 aromatic heterocycles. The smallest absolute Gasteiger partial charge is 0.242 e. The average molecular weight is 405 g/mol. The first-order valence-corrected chi connectivity index (χ1v) is 8.58. The number of rotatable bonds is 5. The van der Waals surface area contributed by atoms with E-state index in [9.17, 15) is 9.18 Å². The van der Waals surface area contributed by atoms with Gasteiger partial charge in [0, 0.05) is 40.7 Å². The minimum atomic E-state index is -0.318. The van der Waals surface area contributed by atoms with Crippen molar-refractivity contribution in [3.05, 3.63) is 64.5 Å². The largest absolute Gasteiger partial charge is 0.497 e. The summed E-state index contributed by atoms with van der Waals surface area (Å²) in [7, 11) is 3.30. The summed E-state index contributed by atoms with van der Waals surface area (Å²) >= 11 is 3.33. The number of likely N-dealkylation sites (N-methyl/N-ethyl adjacent to an activating group) is 1. The average Bonchev–Trinajstić information content (AvgIpc) is 3.00. The maximum absolute atomic E-state index is 13.9. The standard InChI is InChI=1S/C19H18BrFN2O2/c1-22(11-14-9-15(20)3-5-17(14)21)19(24)12-23-8-7-13-10-16(25-2)4-6-18(13)23/h3-10H,11-12H2,1-2H3. The summed E-state index contributed by atoms with van der Waals surface area (Å²) in [4.78, 5) is 14.1. The van der Waals surface area contributed by atoms with Crippen LogP contribution >= 0.6 is 15.9 Å². The molecule has 25 heavy (non-hydrogen) atoms. The van der Waals surface area contributed by atoms with Gasteiger partial charge < -0.3 is 14.2 Å². The van der Waals surface area contributed by atoms with Crippen LogP contribution in [0.3, 0.4) is 0 Å². The Hall–Kier alpha value is -2.34. The van der Waals surface area contributed by atoms with Gasteiger partial charge in [0.1, 0.15) is 18.1 Å². The molecule has 0 saturated carbocycles. The van der Waals surface area contributed by atoms with Crippen LogP contribution in [0.2, 0.25) is 0 Å². The highest BCUT2D eigenvalue weighted by Crippen LogP contribution is 2.22. The highest BCUT2D eigenvalue weighted by atomic mass is 79.9. The molecule has 0 aliphatic heterocycles. The lowest BCUT2D eigenvalue weighted by Gasteiger charge is -2.18. The number of aromatic nitrogens is 1. The molecule has 3 rings (SSSR count). The van der Waals surface area contributed by atoms with E-state index in [2.05, 4.69) is 15.9 Å². The van der Waals surface area contributed by atoms with Gasteiger partial charge in [0.2, 0.25) is 5.91 Å². The third-order valence-electron chi connectivity index (χ3n) is 4.12. The first-order valence-electron chi connectivity index (χ1n) is 7.78. The van der Waals surface area contributed by atoms with Crippen molar-refractivity contribution in [2.75, 3.05) is 14.2 Å². The zero-order valence-electron chi connectivity index (χ0n) is 14.0. The van der Waals surface area contributed by atoms with Crippen LogP contribution < -0.4 is 4.74 Å². The lowest BCUT2D eigenvalue weighted by molar-refractivity contribution is -0.131. The summed E-state index contributed by atoms with van der Waals surface area (Å²) in [6.07, 6.45) is 1.87. The van der Waals surface area contributed by atoms with Gasteiger partial charge in [-0.3, -0.25) is 4.79 Å². The molecule has 1 heterocycles. The Morgan fingerprint density at radius 3 is 2.80 bits per heavy atom. The van der Waals surface area contributed by atoms with Crippen molar-refractivity contribution >= 4 is 32.7 Å². The Kier molecular flexibility index (Phi) is 5.08. The molecule has 3 aromatic rings. The van der Waals surface area contributed by atoms with Gasteiger partial charge in [-0.25, -0.2) is 4.39 Å². The van der Waals surface area contributed by atoms with Crippen LogP contribution in [0.5, 0.6) is 5.75 Å². The molecule has 130 valence electrons. The number of benzene rings is 2.